The summed E-state index contributed by atoms with van der Waals surface area (Å²) in [5.41, 5.74) is 0. The highest BCUT2D eigenvalue weighted by Crippen LogP contribution is 2.26. The lowest BCUT2D eigenvalue weighted by atomic mass is 9.81. The smallest absolute Gasteiger partial charge is 0.109 e. The molecule has 0 radical (unpaired) electrons. The predicted molar refractivity (Wildman–Crippen MR) is 44.0 cm³/mol. The Morgan fingerprint density at radius 3 is 2.23 bits per heavy atom. The summed E-state index contributed by atoms with van der Waals surface area (Å²) in [5, 5.41) is 37.0. The molecule has 0 aromatic rings. The van der Waals surface area contributed by atoms with E-state index in [1.165, 1.54) is 7.11 Å². The van der Waals surface area contributed by atoms with Crippen LogP contribution in [0.2, 0.25) is 0 Å². The van der Waals surface area contributed by atoms with Gasteiger partial charge in [-0.25, -0.2) is 0 Å². The lowest BCUT2D eigenvalue weighted by Crippen LogP contribution is -2.54. The van der Waals surface area contributed by atoms with Crippen molar-refractivity contribution in [2.75, 3.05) is 13.7 Å². The molecule has 0 spiro atoms. The lowest BCUT2D eigenvalue weighted by Gasteiger charge is -2.38. The van der Waals surface area contributed by atoms with Gasteiger partial charge in [0.05, 0.1) is 12.2 Å². The van der Waals surface area contributed by atoms with E-state index in [2.05, 4.69) is 0 Å². The van der Waals surface area contributed by atoms with E-state index in [0.717, 1.165) is 0 Å². The first kappa shape index (κ1) is 10.9. The average Bonchev–Trinajstić information content (AvgIpc) is 2.15. The van der Waals surface area contributed by atoms with E-state index < -0.39 is 30.3 Å². The Labute approximate surface area is 76.6 Å². The van der Waals surface area contributed by atoms with Crippen molar-refractivity contribution in [1.29, 1.82) is 0 Å². The van der Waals surface area contributed by atoms with E-state index in [1.54, 1.807) is 0 Å². The Bertz CT molecular complexity index is 143. The largest absolute Gasteiger partial charge is 0.396 e. The van der Waals surface area contributed by atoms with Gasteiger partial charge in [-0.2, -0.15) is 0 Å². The zero-order chi connectivity index (χ0) is 10.0. The average molecular weight is 192 g/mol. The van der Waals surface area contributed by atoms with Crippen molar-refractivity contribution in [3.05, 3.63) is 0 Å². The molecule has 1 fully saturated rings. The third kappa shape index (κ3) is 2.00. The normalized spacial score (nSPS) is 46.4. The van der Waals surface area contributed by atoms with Gasteiger partial charge in [0, 0.05) is 19.6 Å². The molecule has 0 heterocycles. The lowest BCUT2D eigenvalue weighted by molar-refractivity contribution is -0.170. The van der Waals surface area contributed by atoms with E-state index in [0.29, 0.717) is 6.42 Å². The predicted octanol–water partition coefficient (Wildman–Crippen LogP) is -1.90. The molecule has 5 heteroatoms. The molecule has 0 unspecified atom stereocenters. The van der Waals surface area contributed by atoms with Gasteiger partial charge in [-0.1, -0.05) is 0 Å². The molecule has 4 N–H and O–H groups in total. The number of ether oxygens (including phenoxy) is 1. The summed E-state index contributed by atoms with van der Waals surface area (Å²) in [5.74, 6) is -0.427. The SMILES string of the molecule is CO[C@@H]1C[C@H](CO)[C@H](O)[C@@H](O)[C@@H]1O. The minimum Gasteiger partial charge on any atom is -0.396 e. The molecule has 1 aliphatic rings. The van der Waals surface area contributed by atoms with Gasteiger partial charge in [0.2, 0.25) is 0 Å². The maximum absolute atomic E-state index is 9.40. The molecule has 0 aromatic heterocycles. The van der Waals surface area contributed by atoms with E-state index in [9.17, 15) is 15.3 Å². The van der Waals surface area contributed by atoms with Crippen molar-refractivity contribution >= 4 is 0 Å². The fourth-order valence-electron chi connectivity index (χ4n) is 1.70. The fourth-order valence-corrected chi connectivity index (χ4v) is 1.70. The number of hydrogen-bond acceptors (Lipinski definition) is 5. The van der Waals surface area contributed by atoms with E-state index in [4.69, 9.17) is 9.84 Å². The minimum absolute atomic E-state index is 0.217. The molecule has 13 heavy (non-hydrogen) atoms. The Morgan fingerprint density at radius 2 is 1.77 bits per heavy atom. The molecule has 0 amide bonds. The molecule has 0 bridgehead atoms. The first-order chi connectivity index (χ1) is 6.11. The van der Waals surface area contributed by atoms with Crippen LogP contribution in [0.15, 0.2) is 0 Å². The molecule has 1 aliphatic carbocycles. The second-order valence-electron chi connectivity index (χ2n) is 3.42. The summed E-state index contributed by atoms with van der Waals surface area (Å²) in [6, 6.07) is 0. The Morgan fingerprint density at radius 1 is 1.15 bits per heavy atom. The van der Waals surface area contributed by atoms with Crippen molar-refractivity contribution in [1.82, 2.24) is 0 Å². The van der Waals surface area contributed by atoms with Crippen LogP contribution in [0, 0.1) is 5.92 Å². The van der Waals surface area contributed by atoms with Crippen molar-refractivity contribution in [3.63, 3.8) is 0 Å². The molecule has 78 valence electrons. The quantitative estimate of drug-likeness (QED) is 0.410. The molecule has 0 aliphatic heterocycles. The monoisotopic (exact) mass is 192 g/mol. The fraction of sp³-hybridized carbons (Fsp3) is 1.00. The molecule has 0 saturated heterocycles. The van der Waals surface area contributed by atoms with Gasteiger partial charge in [0.1, 0.15) is 12.2 Å². The number of aliphatic hydroxyl groups is 4. The van der Waals surface area contributed by atoms with Gasteiger partial charge in [-0.3, -0.25) is 0 Å². The molecular weight excluding hydrogens is 176 g/mol. The summed E-state index contributed by atoms with van der Waals surface area (Å²) in [4.78, 5) is 0. The summed E-state index contributed by atoms with van der Waals surface area (Å²) in [6.45, 7) is -0.217. The van der Waals surface area contributed by atoms with Crippen LogP contribution in [-0.4, -0.2) is 58.6 Å². The number of rotatable bonds is 2. The molecular formula is C8H16O5. The molecule has 5 nitrogen and oxygen atoms in total. The summed E-state index contributed by atoms with van der Waals surface area (Å²) in [7, 11) is 1.42. The van der Waals surface area contributed by atoms with Gasteiger partial charge in [0.15, 0.2) is 0 Å². The maximum atomic E-state index is 9.40. The molecule has 1 saturated carbocycles. The van der Waals surface area contributed by atoms with Gasteiger partial charge in [0.25, 0.3) is 0 Å². The second kappa shape index (κ2) is 4.34. The second-order valence-corrected chi connectivity index (χ2v) is 3.42. The molecule has 1 rings (SSSR count). The van der Waals surface area contributed by atoms with Crippen LogP contribution in [0.4, 0.5) is 0 Å². The van der Waals surface area contributed by atoms with Crippen LogP contribution in [0.25, 0.3) is 0 Å². The standard InChI is InChI=1S/C8H16O5/c1-13-5-2-4(3-9)6(10)8(12)7(5)11/h4-12H,2-3H2,1H3/t4-,5-,6+,7-,8-/m1/s1. The number of hydrogen-bond donors (Lipinski definition) is 4. The van der Waals surface area contributed by atoms with Crippen LogP contribution in [0.3, 0.4) is 0 Å². The van der Waals surface area contributed by atoms with Gasteiger partial charge in [-0.05, 0) is 6.42 Å². The Hall–Kier alpha value is -0.200. The zero-order valence-corrected chi connectivity index (χ0v) is 7.50. The highest BCUT2D eigenvalue weighted by molar-refractivity contribution is 4.92. The molecule has 0 aromatic carbocycles. The number of aliphatic hydroxyl groups excluding tert-OH is 4. The summed E-state index contributed by atoms with van der Waals surface area (Å²) >= 11 is 0. The Balaban J connectivity index is 2.66. The summed E-state index contributed by atoms with van der Waals surface area (Å²) in [6.07, 6.45) is -3.56. The van der Waals surface area contributed by atoms with E-state index in [-0.39, 0.29) is 6.61 Å². The third-order valence-corrected chi connectivity index (χ3v) is 2.64. The van der Waals surface area contributed by atoms with E-state index in [1.807, 2.05) is 0 Å². The van der Waals surface area contributed by atoms with Crippen LogP contribution in [0.1, 0.15) is 6.42 Å². The highest BCUT2D eigenvalue weighted by Gasteiger charge is 2.42. The summed E-state index contributed by atoms with van der Waals surface area (Å²) < 4.78 is 4.92. The first-order valence-corrected chi connectivity index (χ1v) is 4.29. The van der Waals surface area contributed by atoms with Crippen molar-refractivity contribution in [3.8, 4) is 0 Å². The minimum atomic E-state index is -1.24. The van der Waals surface area contributed by atoms with E-state index >= 15 is 0 Å². The first-order valence-electron chi connectivity index (χ1n) is 4.29. The molecule has 5 atom stereocenters. The van der Waals surface area contributed by atoms with Crippen molar-refractivity contribution in [2.24, 2.45) is 5.92 Å². The van der Waals surface area contributed by atoms with Gasteiger partial charge < -0.3 is 25.2 Å². The third-order valence-electron chi connectivity index (χ3n) is 2.64. The highest BCUT2D eigenvalue weighted by atomic mass is 16.5. The Kier molecular flexibility index (Phi) is 3.63. The van der Waals surface area contributed by atoms with Crippen molar-refractivity contribution in [2.45, 2.75) is 30.8 Å². The van der Waals surface area contributed by atoms with Crippen molar-refractivity contribution < 1.29 is 25.2 Å². The number of methoxy groups -OCH3 is 1. The van der Waals surface area contributed by atoms with Crippen LogP contribution in [0.5, 0.6) is 0 Å². The van der Waals surface area contributed by atoms with Crippen LogP contribution in [-0.2, 0) is 4.74 Å². The van der Waals surface area contributed by atoms with Crippen LogP contribution >= 0.6 is 0 Å². The van der Waals surface area contributed by atoms with Gasteiger partial charge in [-0.15, -0.1) is 0 Å². The topological polar surface area (TPSA) is 90.2 Å². The van der Waals surface area contributed by atoms with Crippen LogP contribution < -0.4 is 0 Å². The zero-order valence-electron chi connectivity index (χ0n) is 7.50. The maximum Gasteiger partial charge on any atom is 0.109 e. The van der Waals surface area contributed by atoms with Gasteiger partial charge >= 0.3 is 0 Å².